The van der Waals surface area contributed by atoms with E-state index >= 15 is 0 Å². The van der Waals surface area contributed by atoms with Crippen molar-refractivity contribution >= 4 is 0 Å². The summed E-state index contributed by atoms with van der Waals surface area (Å²) in [5.74, 6) is 0. The van der Waals surface area contributed by atoms with Crippen LogP contribution in [-0.2, 0) is 11.8 Å². The maximum Gasteiger partial charge on any atom is 0.124 e. The summed E-state index contributed by atoms with van der Waals surface area (Å²) in [7, 11) is 1.82. The first-order chi connectivity index (χ1) is 6.15. The minimum absolute atomic E-state index is 0.208. The molecule has 0 aliphatic heterocycles. The zero-order valence-corrected chi connectivity index (χ0v) is 8.27. The zero-order valence-electron chi connectivity index (χ0n) is 8.27. The van der Waals surface area contributed by atoms with Crippen molar-refractivity contribution in [3.05, 3.63) is 18.0 Å². The smallest absolute Gasteiger partial charge is 0.124 e. The minimum Gasteiger partial charge on any atom is -0.384 e. The monoisotopic (exact) mass is 184 g/mol. The molecule has 0 saturated heterocycles. The third kappa shape index (κ3) is 2.54. The molecule has 0 fully saturated rings. The number of rotatable bonds is 4. The van der Waals surface area contributed by atoms with Crippen LogP contribution in [0.1, 0.15) is 25.6 Å². The van der Waals surface area contributed by atoms with Crippen LogP contribution in [0.25, 0.3) is 0 Å². The molecule has 74 valence electrons. The molecule has 0 spiro atoms. The van der Waals surface area contributed by atoms with Crippen molar-refractivity contribution in [2.45, 2.75) is 26.1 Å². The molecule has 4 nitrogen and oxygen atoms in total. The maximum absolute atomic E-state index is 9.73. The largest absolute Gasteiger partial charge is 0.384 e. The molecule has 1 heterocycles. The lowest BCUT2D eigenvalue weighted by atomic mass is 10.2. The molecule has 0 amide bonds. The molecule has 0 aliphatic rings. The number of hydrogen-bond donors (Lipinski definition) is 1. The van der Waals surface area contributed by atoms with Crippen LogP contribution in [0.2, 0.25) is 0 Å². The standard InChI is InChI=1S/C9H16N2O2/c1-4-13-7(2)9(12)8-5-6-11(3)10-8/h5-7,9,12H,4H2,1-3H3. The fourth-order valence-electron chi connectivity index (χ4n) is 1.19. The Bertz CT molecular complexity index is 260. The molecule has 13 heavy (non-hydrogen) atoms. The van der Waals surface area contributed by atoms with Crippen molar-refractivity contribution in [3.8, 4) is 0 Å². The van der Waals surface area contributed by atoms with Crippen LogP contribution in [0.4, 0.5) is 0 Å². The molecule has 4 heteroatoms. The third-order valence-corrected chi connectivity index (χ3v) is 1.91. The normalized spacial score (nSPS) is 15.7. The van der Waals surface area contributed by atoms with Crippen LogP contribution >= 0.6 is 0 Å². The van der Waals surface area contributed by atoms with Crippen molar-refractivity contribution < 1.29 is 9.84 Å². The van der Waals surface area contributed by atoms with Crippen LogP contribution in [0, 0.1) is 0 Å². The van der Waals surface area contributed by atoms with Gasteiger partial charge in [-0.2, -0.15) is 5.10 Å². The van der Waals surface area contributed by atoms with E-state index in [2.05, 4.69) is 5.10 Å². The number of ether oxygens (including phenoxy) is 1. The van der Waals surface area contributed by atoms with Gasteiger partial charge in [-0.05, 0) is 19.9 Å². The van der Waals surface area contributed by atoms with Crippen LogP contribution in [-0.4, -0.2) is 27.6 Å². The summed E-state index contributed by atoms with van der Waals surface area (Å²) in [5.41, 5.74) is 0.656. The number of hydrogen-bond acceptors (Lipinski definition) is 3. The number of nitrogens with zero attached hydrogens (tertiary/aromatic N) is 2. The first kappa shape index (κ1) is 10.2. The number of aromatic nitrogens is 2. The van der Waals surface area contributed by atoms with Gasteiger partial charge in [0.1, 0.15) is 6.10 Å². The molecule has 0 radical (unpaired) electrons. The van der Waals surface area contributed by atoms with Gasteiger partial charge in [0.15, 0.2) is 0 Å². The fourth-order valence-corrected chi connectivity index (χ4v) is 1.19. The molecule has 0 aromatic carbocycles. The van der Waals surface area contributed by atoms with Crippen LogP contribution in [0.3, 0.4) is 0 Å². The van der Waals surface area contributed by atoms with Gasteiger partial charge in [0.05, 0.1) is 11.8 Å². The van der Waals surface area contributed by atoms with E-state index in [4.69, 9.17) is 4.74 Å². The molecule has 1 aromatic heterocycles. The molecular formula is C9H16N2O2. The van der Waals surface area contributed by atoms with E-state index in [1.54, 1.807) is 16.9 Å². The van der Waals surface area contributed by atoms with Crippen molar-refractivity contribution in [3.63, 3.8) is 0 Å². The predicted molar refractivity (Wildman–Crippen MR) is 49.3 cm³/mol. The van der Waals surface area contributed by atoms with Gasteiger partial charge in [0.2, 0.25) is 0 Å². The molecular weight excluding hydrogens is 168 g/mol. The SMILES string of the molecule is CCOC(C)C(O)c1ccn(C)n1. The van der Waals surface area contributed by atoms with Gasteiger partial charge in [-0.15, -0.1) is 0 Å². The second kappa shape index (κ2) is 4.39. The van der Waals surface area contributed by atoms with E-state index in [1.807, 2.05) is 20.9 Å². The highest BCUT2D eigenvalue weighted by Gasteiger charge is 2.18. The molecule has 1 rings (SSSR count). The second-order valence-corrected chi connectivity index (χ2v) is 3.02. The van der Waals surface area contributed by atoms with Gasteiger partial charge in [-0.1, -0.05) is 0 Å². The van der Waals surface area contributed by atoms with Gasteiger partial charge in [-0.3, -0.25) is 4.68 Å². The highest BCUT2D eigenvalue weighted by atomic mass is 16.5. The molecule has 1 aromatic rings. The maximum atomic E-state index is 9.73. The van der Waals surface area contributed by atoms with E-state index in [0.29, 0.717) is 12.3 Å². The Morgan fingerprint density at radius 3 is 2.85 bits per heavy atom. The third-order valence-electron chi connectivity index (χ3n) is 1.91. The lowest BCUT2D eigenvalue weighted by Gasteiger charge is -2.16. The Morgan fingerprint density at radius 1 is 1.69 bits per heavy atom. The van der Waals surface area contributed by atoms with E-state index in [9.17, 15) is 5.11 Å². The fraction of sp³-hybridized carbons (Fsp3) is 0.667. The number of aryl methyl sites for hydroxylation is 1. The Balaban J connectivity index is 2.61. The van der Waals surface area contributed by atoms with Crippen LogP contribution in [0.15, 0.2) is 12.3 Å². The van der Waals surface area contributed by atoms with Gasteiger partial charge in [0.25, 0.3) is 0 Å². The second-order valence-electron chi connectivity index (χ2n) is 3.02. The Labute approximate surface area is 78.1 Å². The lowest BCUT2D eigenvalue weighted by Crippen LogP contribution is -2.19. The van der Waals surface area contributed by atoms with Crippen molar-refractivity contribution in [1.82, 2.24) is 9.78 Å². The first-order valence-electron chi connectivity index (χ1n) is 4.44. The minimum atomic E-state index is -0.638. The number of aliphatic hydroxyl groups is 1. The van der Waals surface area contributed by atoms with E-state index < -0.39 is 6.10 Å². The van der Waals surface area contributed by atoms with Gasteiger partial charge < -0.3 is 9.84 Å². The van der Waals surface area contributed by atoms with Gasteiger partial charge in [-0.25, -0.2) is 0 Å². The topological polar surface area (TPSA) is 47.3 Å². The average molecular weight is 184 g/mol. The molecule has 0 saturated carbocycles. The highest BCUT2D eigenvalue weighted by Crippen LogP contribution is 2.16. The summed E-state index contributed by atoms with van der Waals surface area (Å²) >= 11 is 0. The highest BCUT2D eigenvalue weighted by molar-refractivity contribution is 5.04. The quantitative estimate of drug-likeness (QED) is 0.755. The summed E-state index contributed by atoms with van der Waals surface area (Å²) in [6.45, 7) is 4.34. The summed E-state index contributed by atoms with van der Waals surface area (Å²) in [4.78, 5) is 0. The lowest BCUT2D eigenvalue weighted by molar-refractivity contribution is -0.0248. The average Bonchev–Trinajstić information content (AvgIpc) is 2.51. The van der Waals surface area contributed by atoms with Crippen LogP contribution < -0.4 is 0 Å². The van der Waals surface area contributed by atoms with Gasteiger partial charge >= 0.3 is 0 Å². The van der Waals surface area contributed by atoms with Crippen molar-refractivity contribution in [1.29, 1.82) is 0 Å². The predicted octanol–water partition coefficient (Wildman–Crippen LogP) is 0.878. The van der Waals surface area contributed by atoms with E-state index in [0.717, 1.165) is 0 Å². The molecule has 0 bridgehead atoms. The van der Waals surface area contributed by atoms with Gasteiger partial charge in [0, 0.05) is 19.9 Å². The molecule has 1 N–H and O–H groups in total. The Morgan fingerprint density at radius 2 is 2.38 bits per heavy atom. The number of aliphatic hydroxyl groups excluding tert-OH is 1. The van der Waals surface area contributed by atoms with Crippen LogP contribution in [0.5, 0.6) is 0 Å². The molecule has 2 atom stereocenters. The molecule has 0 aliphatic carbocycles. The van der Waals surface area contributed by atoms with Crippen molar-refractivity contribution in [2.75, 3.05) is 6.61 Å². The van der Waals surface area contributed by atoms with E-state index in [-0.39, 0.29) is 6.10 Å². The van der Waals surface area contributed by atoms with E-state index in [1.165, 1.54) is 0 Å². The Kier molecular flexibility index (Phi) is 3.45. The Hall–Kier alpha value is -0.870. The summed E-state index contributed by atoms with van der Waals surface area (Å²) < 4.78 is 6.93. The molecule has 2 unspecified atom stereocenters. The summed E-state index contributed by atoms with van der Waals surface area (Å²) in [6.07, 6.45) is 0.957. The zero-order chi connectivity index (χ0) is 9.84. The summed E-state index contributed by atoms with van der Waals surface area (Å²) in [6, 6.07) is 1.79. The van der Waals surface area contributed by atoms with Crippen molar-refractivity contribution in [2.24, 2.45) is 7.05 Å². The first-order valence-corrected chi connectivity index (χ1v) is 4.44. The summed E-state index contributed by atoms with van der Waals surface area (Å²) in [5, 5.41) is 13.8.